The van der Waals surface area contributed by atoms with E-state index in [1.807, 2.05) is 48.5 Å². The van der Waals surface area contributed by atoms with E-state index in [0.29, 0.717) is 0 Å². The van der Waals surface area contributed by atoms with Crippen molar-refractivity contribution in [2.24, 2.45) is 0 Å². The monoisotopic (exact) mass is 344 g/mol. The van der Waals surface area contributed by atoms with Gasteiger partial charge in [-0.2, -0.15) is 0 Å². The molecule has 3 aromatic rings. The number of aryl methyl sites for hydroxylation is 1. The lowest BCUT2D eigenvalue weighted by Crippen LogP contribution is -1.99. The molecule has 0 N–H and O–H groups in total. The van der Waals surface area contributed by atoms with Crippen molar-refractivity contribution in [3.63, 3.8) is 0 Å². The molecule has 0 fully saturated rings. The van der Waals surface area contributed by atoms with Gasteiger partial charge >= 0.3 is 0 Å². The number of benzene rings is 2. The molecule has 100 valence electrons. The number of carbonyl (C=O) groups excluding carboxylic acids is 1. The molecule has 1 aromatic heterocycles. The fraction of sp³-hybridized carbons (Fsp3) is 0.118. The first-order chi connectivity index (χ1) is 9.70. The van der Waals surface area contributed by atoms with Gasteiger partial charge in [-0.3, -0.25) is 4.79 Å². The Hall–Kier alpha value is -1.45. The summed E-state index contributed by atoms with van der Waals surface area (Å²) in [5, 5.41) is 2.07. The lowest BCUT2D eigenvalue weighted by Gasteiger charge is -2.06. The molecular weight excluding hydrogens is 332 g/mol. The van der Waals surface area contributed by atoms with E-state index >= 15 is 0 Å². The number of thiophene rings is 1. The second kappa shape index (κ2) is 5.51. The molecule has 2 aromatic carbocycles. The van der Waals surface area contributed by atoms with Crippen LogP contribution < -0.4 is 0 Å². The topological polar surface area (TPSA) is 17.1 Å². The molecule has 0 bridgehead atoms. The summed E-state index contributed by atoms with van der Waals surface area (Å²) in [4.78, 5) is 14.8. The summed E-state index contributed by atoms with van der Waals surface area (Å²) >= 11 is 5.13. The third-order valence-electron chi connectivity index (χ3n) is 3.35. The molecule has 1 nitrogen and oxygen atoms in total. The highest BCUT2D eigenvalue weighted by atomic mass is 79.9. The van der Waals surface area contributed by atoms with Gasteiger partial charge in [0.25, 0.3) is 0 Å². The summed E-state index contributed by atoms with van der Waals surface area (Å²) in [6.07, 6.45) is 0.971. The van der Waals surface area contributed by atoms with Crippen LogP contribution in [-0.4, -0.2) is 5.78 Å². The van der Waals surface area contributed by atoms with Crippen LogP contribution in [0.25, 0.3) is 10.8 Å². The molecule has 0 unspecified atom stereocenters. The highest BCUT2D eigenvalue weighted by Gasteiger charge is 2.15. The Morgan fingerprint density at radius 1 is 1.05 bits per heavy atom. The second-order valence-corrected chi connectivity index (χ2v) is 6.61. The van der Waals surface area contributed by atoms with Crippen LogP contribution >= 0.6 is 27.3 Å². The van der Waals surface area contributed by atoms with Gasteiger partial charge < -0.3 is 0 Å². The van der Waals surface area contributed by atoms with E-state index in [1.54, 1.807) is 11.3 Å². The number of rotatable bonds is 3. The summed E-state index contributed by atoms with van der Waals surface area (Å²) < 4.78 is 1.02. The third kappa shape index (κ3) is 2.32. The predicted octanol–water partition coefficient (Wildman–Crippen LogP) is 5.46. The van der Waals surface area contributed by atoms with Crippen LogP contribution in [0.2, 0.25) is 0 Å². The average Bonchev–Trinajstić information content (AvgIpc) is 2.96. The molecule has 0 amide bonds. The third-order valence-corrected chi connectivity index (χ3v) is 5.27. The van der Waals surface area contributed by atoms with Crippen molar-refractivity contribution in [3.05, 3.63) is 68.3 Å². The Kier molecular flexibility index (Phi) is 3.72. The van der Waals surface area contributed by atoms with Gasteiger partial charge in [-0.25, -0.2) is 0 Å². The minimum absolute atomic E-state index is 0.110. The summed E-state index contributed by atoms with van der Waals surface area (Å²) in [6.45, 7) is 2.11. The van der Waals surface area contributed by atoms with E-state index in [9.17, 15) is 4.79 Å². The van der Waals surface area contributed by atoms with E-state index in [4.69, 9.17) is 0 Å². The molecule has 0 aliphatic carbocycles. The van der Waals surface area contributed by atoms with Gasteiger partial charge in [-0.1, -0.05) is 47.1 Å². The molecule has 0 spiro atoms. The summed E-state index contributed by atoms with van der Waals surface area (Å²) in [6, 6.07) is 15.8. The summed E-state index contributed by atoms with van der Waals surface area (Å²) in [5.74, 6) is 0.110. The molecule has 0 saturated heterocycles. The maximum atomic E-state index is 12.7. The number of hydrogen-bond acceptors (Lipinski definition) is 2. The molecule has 20 heavy (non-hydrogen) atoms. The number of carbonyl (C=O) groups is 1. The molecule has 0 radical (unpaired) electrons. The highest BCUT2D eigenvalue weighted by Crippen LogP contribution is 2.29. The minimum atomic E-state index is 0.110. The van der Waals surface area contributed by atoms with E-state index in [2.05, 4.69) is 22.9 Å². The Labute approximate surface area is 130 Å². The van der Waals surface area contributed by atoms with Crippen molar-refractivity contribution in [1.29, 1.82) is 0 Å². The van der Waals surface area contributed by atoms with Crippen LogP contribution in [-0.2, 0) is 6.42 Å². The zero-order valence-corrected chi connectivity index (χ0v) is 13.4. The lowest BCUT2D eigenvalue weighted by molar-refractivity contribution is 0.104. The minimum Gasteiger partial charge on any atom is -0.288 e. The fourth-order valence-corrected chi connectivity index (χ4v) is 3.66. The molecule has 0 saturated carbocycles. The van der Waals surface area contributed by atoms with Crippen molar-refractivity contribution >= 4 is 43.8 Å². The Bertz CT molecular complexity index is 789. The van der Waals surface area contributed by atoms with Crippen LogP contribution in [0.5, 0.6) is 0 Å². The van der Waals surface area contributed by atoms with Gasteiger partial charge in [0.1, 0.15) is 0 Å². The zero-order chi connectivity index (χ0) is 14.1. The SMILES string of the molecule is CCc1ccc(C(=O)c2ccc(Br)c3ccccc23)s1. The number of halogens is 1. The van der Waals surface area contributed by atoms with E-state index in [-0.39, 0.29) is 5.78 Å². The number of fused-ring (bicyclic) bond motifs is 1. The predicted molar refractivity (Wildman–Crippen MR) is 88.8 cm³/mol. The number of hydrogen-bond donors (Lipinski definition) is 0. The van der Waals surface area contributed by atoms with Crippen molar-refractivity contribution in [3.8, 4) is 0 Å². The van der Waals surface area contributed by atoms with Crippen LogP contribution in [0.15, 0.2) is 53.0 Å². The van der Waals surface area contributed by atoms with Crippen LogP contribution in [0.4, 0.5) is 0 Å². The first-order valence-corrected chi connectivity index (χ1v) is 8.12. The highest BCUT2D eigenvalue weighted by molar-refractivity contribution is 9.10. The first-order valence-electron chi connectivity index (χ1n) is 6.51. The van der Waals surface area contributed by atoms with Gasteiger partial charge in [-0.15, -0.1) is 11.3 Å². The fourth-order valence-electron chi connectivity index (χ4n) is 2.28. The van der Waals surface area contributed by atoms with Crippen molar-refractivity contribution in [2.45, 2.75) is 13.3 Å². The smallest absolute Gasteiger partial charge is 0.203 e. The number of ketones is 1. The Morgan fingerprint density at radius 2 is 1.80 bits per heavy atom. The maximum absolute atomic E-state index is 12.7. The lowest BCUT2D eigenvalue weighted by atomic mass is 10.0. The van der Waals surface area contributed by atoms with Gasteiger partial charge in [0, 0.05) is 14.9 Å². The summed E-state index contributed by atoms with van der Waals surface area (Å²) in [5.41, 5.74) is 0.772. The van der Waals surface area contributed by atoms with Gasteiger partial charge in [0.05, 0.1) is 4.88 Å². The molecule has 0 aliphatic rings. The van der Waals surface area contributed by atoms with E-state index in [1.165, 1.54) is 4.88 Å². The van der Waals surface area contributed by atoms with E-state index in [0.717, 1.165) is 32.1 Å². The van der Waals surface area contributed by atoms with Crippen molar-refractivity contribution < 1.29 is 4.79 Å². The van der Waals surface area contributed by atoms with Crippen LogP contribution in [0.3, 0.4) is 0 Å². The molecular formula is C17H13BrOS. The average molecular weight is 345 g/mol. The van der Waals surface area contributed by atoms with Gasteiger partial charge in [0.2, 0.25) is 5.78 Å². The normalized spacial score (nSPS) is 10.9. The molecule has 0 atom stereocenters. The standard InChI is InChI=1S/C17H13BrOS/c1-2-11-7-10-16(20-11)17(19)14-8-9-15(18)13-6-4-3-5-12(13)14/h3-10H,2H2,1H3. The maximum Gasteiger partial charge on any atom is 0.203 e. The second-order valence-electron chi connectivity index (χ2n) is 4.59. The van der Waals surface area contributed by atoms with Crippen molar-refractivity contribution in [2.75, 3.05) is 0 Å². The Balaban J connectivity index is 2.14. The van der Waals surface area contributed by atoms with E-state index < -0.39 is 0 Å². The van der Waals surface area contributed by atoms with Crippen LogP contribution in [0.1, 0.15) is 27.0 Å². The van der Waals surface area contributed by atoms with Gasteiger partial charge in [0.15, 0.2) is 0 Å². The molecule has 3 rings (SSSR count). The molecule has 0 aliphatic heterocycles. The quantitative estimate of drug-likeness (QED) is 0.576. The molecule has 1 heterocycles. The first kappa shape index (κ1) is 13.5. The zero-order valence-electron chi connectivity index (χ0n) is 11.0. The van der Waals surface area contributed by atoms with Gasteiger partial charge in [-0.05, 0) is 41.5 Å². The van der Waals surface area contributed by atoms with Crippen molar-refractivity contribution in [1.82, 2.24) is 0 Å². The largest absolute Gasteiger partial charge is 0.288 e. The Morgan fingerprint density at radius 3 is 2.50 bits per heavy atom. The van der Waals surface area contributed by atoms with Crippen LogP contribution in [0, 0.1) is 0 Å². The summed E-state index contributed by atoms with van der Waals surface area (Å²) in [7, 11) is 0. The molecule has 3 heteroatoms.